The van der Waals surface area contributed by atoms with Crippen molar-refractivity contribution in [1.29, 1.82) is 0 Å². The molecule has 0 radical (unpaired) electrons. The molecule has 7 nitrogen and oxygen atoms in total. The average Bonchev–Trinajstić information content (AvgIpc) is 3.14. The van der Waals surface area contributed by atoms with Crippen molar-refractivity contribution >= 4 is 23.8 Å². The normalized spacial score (nSPS) is 22.6. The molecule has 114 valence electrons. The number of hydrogen-bond acceptors (Lipinski definition) is 4. The minimum Gasteiger partial charge on any atom is -0.268 e. The van der Waals surface area contributed by atoms with Crippen molar-refractivity contribution in [2.75, 3.05) is 7.05 Å². The fourth-order valence-electron chi connectivity index (χ4n) is 3.30. The van der Waals surface area contributed by atoms with Crippen LogP contribution in [0.2, 0.25) is 0 Å². The summed E-state index contributed by atoms with van der Waals surface area (Å²) in [4.78, 5) is 19.9. The summed E-state index contributed by atoms with van der Waals surface area (Å²) in [5.41, 5.74) is 2.71. The van der Waals surface area contributed by atoms with Crippen LogP contribution in [0.25, 0.3) is 5.82 Å². The summed E-state index contributed by atoms with van der Waals surface area (Å²) in [6.07, 6.45) is 5.95. The molecule has 5 rings (SSSR count). The van der Waals surface area contributed by atoms with E-state index in [2.05, 4.69) is 15.3 Å². The standard InChI is InChI=1S/C16H14N6O/c1-20-15-14(22-13(8-18-19-22)10-6-7-10)17-9-21(15)12-5-3-2-4-11(12)16(20)23/h2-5,8-10H,6-7H2,1H3/p+1. The number of rotatable bonds is 2. The van der Waals surface area contributed by atoms with Gasteiger partial charge in [-0.2, -0.15) is 9.67 Å². The maximum Gasteiger partial charge on any atom is 0.268 e. The molecule has 1 atom stereocenters. The van der Waals surface area contributed by atoms with Crippen molar-refractivity contribution in [2.24, 2.45) is 4.99 Å². The van der Waals surface area contributed by atoms with E-state index in [9.17, 15) is 4.79 Å². The summed E-state index contributed by atoms with van der Waals surface area (Å²) in [7, 11) is 1.79. The highest BCUT2D eigenvalue weighted by atomic mass is 16.2. The average molecular weight is 307 g/mol. The lowest BCUT2D eigenvalue weighted by Gasteiger charge is -2.28. The Morgan fingerprint density at radius 1 is 1.26 bits per heavy atom. The third-order valence-corrected chi connectivity index (χ3v) is 4.64. The number of nitrogens with one attached hydrogen (secondary N) is 1. The van der Waals surface area contributed by atoms with Crippen LogP contribution in [0, 0.1) is 0 Å². The van der Waals surface area contributed by atoms with Gasteiger partial charge in [0.1, 0.15) is 5.56 Å². The van der Waals surface area contributed by atoms with Crippen molar-refractivity contribution < 1.29 is 9.69 Å². The van der Waals surface area contributed by atoms with Gasteiger partial charge < -0.3 is 0 Å². The van der Waals surface area contributed by atoms with E-state index in [0.717, 1.165) is 34.9 Å². The zero-order chi connectivity index (χ0) is 15.6. The van der Waals surface area contributed by atoms with Gasteiger partial charge in [0.05, 0.1) is 11.9 Å². The maximum atomic E-state index is 12.7. The quantitative estimate of drug-likeness (QED) is 0.882. The number of aliphatic imine (C=N–C) groups is 1. The highest BCUT2D eigenvalue weighted by Crippen LogP contribution is 2.40. The molecule has 0 saturated heterocycles. The Balaban J connectivity index is 1.71. The highest BCUT2D eigenvalue weighted by Gasteiger charge is 2.43. The van der Waals surface area contributed by atoms with Crippen molar-refractivity contribution in [3.8, 4) is 0 Å². The Labute approximate surface area is 132 Å². The third-order valence-electron chi connectivity index (χ3n) is 4.64. The first-order valence-electron chi connectivity index (χ1n) is 7.70. The number of para-hydroxylation sites is 1. The summed E-state index contributed by atoms with van der Waals surface area (Å²) in [6, 6.07) is 7.65. The van der Waals surface area contributed by atoms with E-state index in [1.165, 1.54) is 0 Å². The number of hydrogen-bond donors (Lipinski definition) is 1. The van der Waals surface area contributed by atoms with Crippen molar-refractivity contribution in [3.63, 3.8) is 0 Å². The van der Waals surface area contributed by atoms with Crippen LogP contribution in [-0.4, -0.2) is 39.2 Å². The summed E-state index contributed by atoms with van der Waals surface area (Å²) < 4.78 is 1.79. The monoisotopic (exact) mass is 307 g/mol. The smallest absolute Gasteiger partial charge is 0.268 e. The van der Waals surface area contributed by atoms with Gasteiger partial charge in [-0.3, -0.25) is 9.69 Å². The van der Waals surface area contributed by atoms with E-state index in [1.807, 2.05) is 30.6 Å². The molecule has 1 fully saturated rings. The summed E-state index contributed by atoms with van der Waals surface area (Å²) in [5, 5.41) is 8.26. The molecule has 0 spiro atoms. The van der Waals surface area contributed by atoms with Gasteiger partial charge in [-0.05, 0) is 18.9 Å². The van der Waals surface area contributed by atoms with E-state index in [4.69, 9.17) is 0 Å². The van der Waals surface area contributed by atoms with Gasteiger partial charge in [-0.25, -0.2) is 4.90 Å². The van der Waals surface area contributed by atoms with E-state index in [1.54, 1.807) is 22.8 Å². The lowest BCUT2D eigenvalue weighted by molar-refractivity contribution is -0.685. The number of benzene rings is 1. The second kappa shape index (κ2) is 4.36. The van der Waals surface area contributed by atoms with Crippen LogP contribution in [0.15, 0.2) is 41.3 Å². The van der Waals surface area contributed by atoms with Crippen molar-refractivity contribution in [2.45, 2.75) is 18.8 Å². The summed E-state index contributed by atoms with van der Waals surface area (Å²) >= 11 is 0. The lowest BCUT2D eigenvalue weighted by atomic mass is 10.1. The zero-order valence-corrected chi connectivity index (χ0v) is 12.6. The zero-order valence-electron chi connectivity index (χ0n) is 12.6. The molecule has 1 amide bonds. The first-order valence-corrected chi connectivity index (χ1v) is 7.70. The van der Waals surface area contributed by atoms with E-state index < -0.39 is 0 Å². The number of amides is 1. The highest BCUT2D eigenvalue weighted by molar-refractivity contribution is 6.01. The second-order valence-electron chi connectivity index (χ2n) is 6.10. The third kappa shape index (κ3) is 1.68. The number of quaternary nitrogens is 1. The molecule has 1 unspecified atom stereocenters. The fourth-order valence-corrected chi connectivity index (χ4v) is 3.30. The molecule has 3 heterocycles. The van der Waals surface area contributed by atoms with E-state index in [-0.39, 0.29) is 5.91 Å². The maximum absolute atomic E-state index is 12.7. The van der Waals surface area contributed by atoms with Gasteiger partial charge >= 0.3 is 0 Å². The van der Waals surface area contributed by atoms with Crippen LogP contribution >= 0.6 is 0 Å². The number of carbonyl (C=O) groups is 1. The van der Waals surface area contributed by atoms with Crippen LogP contribution in [0.4, 0.5) is 5.69 Å². The fraction of sp³-hybridized carbons (Fsp3) is 0.250. The minimum absolute atomic E-state index is 0.0181. The predicted octanol–water partition coefficient (Wildman–Crippen LogP) is 0.583. The Morgan fingerprint density at radius 2 is 2.09 bits per heavy atom. The summed E-state index contributed by atoms with van der Waals surface area (Å²) in [6.45, 7) is 0. The number of aromatic nitrogens is 3. The van der Waals surface area contributed by atoms with E-state index in [0.29, 0.717) is 17.3 Å². The minimum atomic E-state index is -0.0181. The molecule has 2 aromatic rings. The molecular formula is C16H15N6O+. The van der Waals surface area contributed by atoms with Gasteiger partial charge in [0.2, 0.25) is 12.2 Å². The van der Waals surface area contributed by atoms with Gasteiger partial charge in [0.15, 0.2) is 5.69 Å². The molecule has 1 aromatic heterocycles. The molecule has 1 aliphatic carbocycles. The van der Waals surface area contributed by atoms with E-state index >= 15 is 0 Å². The Kier molecular flexibility index (Phi) is 2.41. The lowest BCUT2D eigenvalue weighted by Crippen LogP contribution is -3.06. The van der Waals surface area contributed by atoms with Gasteiger partial charge in [-0.1, -0.05) is 17.3 Å². The number of fused-ring (bicyclic) bond motifs is 3. The number of nitrogens with zero attached hydrogens (tertiary/aromatic N) is 5. The Morgan fingerprint density at radius 3 is 2.91 bits per heavy atom. The van der Waals surface area contributed by atoms with Gasteiger partial charge in [0, 0.05) is 19.0 Å². The molecule has 3 aliphatic rings. The predicted molar refractivity (Wildman–Crippen MR) is 82.9 cm³/mol. The van der Waals surface area contributed by atoms with Crippen LogP contribution in [-0.2, 0) is 0 Å². The van der Waals surface area contributed by atoms with Crippen LogP contribution < -0.4 is 4.90 Å². The Bertz CT molecular complexity index is 891. The number of carbonyl (C=O) groups excluding carboxylic acids is 1. The second-order valence-corrected chi connectivity index (χ2v) is 6.10. The van der Waals surface area contributed by atoms with Crippen LogP contribution in [0.5, 0.6) is 0 Å². The SMILES string of the molecule is CN1C(=O)c2ccccc2[NH+]2C=NC(n3nncc3C3CC3)=C12. The van der Waals surface area contributed by atoms with Crippen LogP contribution in [0.1, 0.15) is 34.8 Å². The molecule has 1 N–H and O–H groups in total. The first-order chi connectivity index (χ1) is 11.3. The van der Waals surface area contributed by atoms with Gasteiger partial charge in [0.25, 0.3) is 11.7 Å². The largest absolute Gasteiger partial charge is 0.268 e. The molecule has 7 heteroatoms. The first kappa shape index (κ1) is 12.7. The Hall–Kier alpha value is -2.80. The molecule has 1 saturated carbocycles. The van der Waals surface area contributed by atoms with Gasteiger partial charge in [-0.15, -0.1) is 5.10 Å². The van der Waals surface area contributed by atoms with Crippen molar-refractivity contribution in [1.82, 2.24) is 19.9 Å². The molecule has 0 bridgehead atoms. The molecule has 2 aliphatic heterocycles. The van der Waals surface area contributed by atoms with Crippen molar-refractivity contribution in [3.05, 3.63) is 47.5 Å². The molecular weight excluding hydrogens is 292 g/mol. The molecule has 1 aromatic carbocycles. The summed E-state index contributed by atoms with van der Waals surface area (Å²) in [5.74, 6) is 1.98. The van der Waals surface area contributed by atoms with Crippen LogP contribution in [0.3, 0.4) is 0 Å². The molecule has 23 heavy (non-hydrogen) atoms. The topological polar surface area (TPSA) is 67.8 Å².